The minimum atomic E-state index is -4.34. The number of alkyl halides is 3. The van der Waals surface area contributed by atoms with Crippen LogP contribution in [0.1, 0.15) is 23.6 Å². The van der Waals surface area contributed by atoms with Gasteiger partial charge in [-0.1, -0.05) is 30.3 Å². The molecule has 1 atom stereocenters. The molecule has 0 fully saturated rings. The van der Waals surface area contributed by atoms with Crippen LogP contribution in [0.4, 0.5) is 18.9 Å². The number of anilines is 1. The summed E-state index contributed by atoms with van der Waals surface area (Å²) in [4.78, 5) is 14.2. The van der Waals surface area contributed by atoms with Crippen LogP contribution in [0.25, 0.3) is 0 Å². The molecule has 0 saturated carbocycles. The Balaban J connectivity index is 1.98. The highest BCUT2D eigenvalue weighted by Gasteiger charge is 2.30. The summed E-state index contributed by atoms with van der Waals surface area (Å²) >= 11 is 0. The maximum Gasteiger partial charge on any atom is 0.416 e. The maximum absolute atomic E-state index is 12.6. The fourth-order valence-electron chi connectivity index (χ4n) is 2.37. The molecule has 2 rings (SSSR count). The Labute approximate surface area is 145 Å². The Morgan fingerprint density at radius 2 is 1.72 bits per heavy atom. The largest absolute Gasteiger partial charge is 0.416 e. The molecular formula is C19H21F3N2O. The summed E-state index contributed by atoms with van der Waals surface area (Å²) in [7, 11) is 1.76. The molecule has 25 heavy (non-hydrogen) atoms. The van der Waals surface area contributed by atoms with E-state index in [2.05, 4.69) is 5.32 Å². The van der Waals surface area contributed by atoms with E-state index in [0.29, 0.717) is 12.1 Å². The number of nitrogens with one attached hydrogen (secondary N) is 1. The number of para-hydroxylation sites is 1. The van der Waals surface area contributed by atoms with E-state index < -0.39 is 17.8 Å². The molecule has 0 aromatic heterocycles. The Morgan fingerprint density at radius 1 is 1.12 bits per heavy atom. The van der Waals surface area contributed by atoms with Gasteiger partial charge in [-0.15, -0.1) is 0 Å². The number of aryl methyl sites for hydroxylation is 1. The first-order valence-corrected chi connectivity index (χ1v) is 7.91. The van der Waals surface area contributed by atoms with E-state index in [-0.39, 0.29) is 5.91 Å². The summed E-state index contributed by atoms with van der Waals surface area (Å²) in [6.07, 6.45) is -4.34. The van der Waals surface area contributed by atoms with E-state index in [0.717, 1.165) is 23.4 Å². The number of halogens is 3. The van der Waals surface area contributed by atoms with Gasteiger partial charge in [0.1, 0.15) is 0 Å². The van der Waals surface area contributed by atoms with Gasteiger partial charge in [0.15, 0.2) is 0 Å². The van der Waals surface area contributed by atoms with Gasteiger partial charge in [0.05, 0.1) is 11.6 Å². The standard InChI is InChI=1S/C19H21F3N2O/c1-13-6-4-5-7-17(13)23-18(25)14(2)24(3)12-15-8-10-16(11-9-15)19(20,21)22/h4-11,14H,12H2,1-3H3,(H,23,25). The Kier molecular flexibility index (Phi) is 5.85. The van der Waals surface area contributed by atoms with Crippen LogP contribution in [-0.2, 0) is 17.5 Å². The average Bonchev–Trinajstić information content (AvgIpc) is 2.55. The molecule has 1 N–H and O–H groups in total. The molecule has 0 heterocycles. The lowest BCUT2D eigenvalue weighted by Gasteiger charge is -2.24. The van der Waals surface area contributed by atoms with Crippen LogP contribution < -0.4 is 5.32 Å². The normalized spacial score (nSPS) is 12.9. The van der Waals surface area contributed by atoms with Crippen molar-refractivity contribution in [2.75, 3.05) is 12.4 Å². The molecule has 134 valence electrons. The predicted molar refractivity (Wildman–Crippen MR) is 92.2 cm³/mol. The highest BCUT2D eigenvalue weighted by Crippen LogP contribution is 2.29. The van der Waals surface area contributed by atoms with E-state index in [4.69, 9.17) is 0 Å². The lowest BCUT2D eigenvalue weighted by Crippen LogP contribution is -2.39. The van der Waals surface area contributed by atoms with Crippen molar-refractivity contribution in [2.24, 2.45) is 0 Å². The zero-order valence-electron chi connectivity index (χ0n) is 14.4. The summed E-state index contributed by atoms with van der Waals surface area (Å²) in [5.41, 5.74) is 1.76. The number of rotatable bonds is 5. The Hall–Kier alpha value is -2.34. The van der Waals surface area contributed by atoms with Gasteiger partial charge in [-0.2, -0.15) is 13.2 Å². The molecule has 2 aromatic rings. The number of amides is 1. The SMILES string of the molecule is Cc1ccccc1NC(=O)C(C)N(C)Cc1ccc(C(F)(F)F)cc1. The van der Waals surface area contributed by atoms with Crippen molar-refractivity contribution in [3.05, 3.63) is 65.2 Å². The number of likely N-dealkylation sites (N-methyl/N-ethyl adjacent to an activating group) is 1. The zero-order valence-corrected chi connectivity index (χ0v) is 14.4. The summed E-state index contributed by atoms with van der Waals surface area (Å²) in [6.45, 7) is 4.05. The van der Waals surface area contributed by atoms with Gasteiger partial charge < -0.3 is 5.32 Å². The third-order valence-electron chi connectivity index (χ3n) is 4.16. The smallest absolute Gasteiger partial charge is 0.324 e. The molecule has 1 unspecified atom stereocenters. The van der Waals surface area contributed by atoms with Crippen LogP contribution in [0.5, 0.6) is 0 Å². The zero-order chi connectivity index (χ0) is 18.6. The van der Waals surface area contributed by atoms with Gasteiger partial charge in [-0.25, -0.2) is 0 Å². The number of carbonyl (C=O) groups is 1. The molecule has 0 aliphatic heterocycles. The molecule has 0 aliphatic rings. The van der Waals surface area contributed by atoms with Crippen molar-refractivity contribution in [2.45, 2.75) is 32.6 Å². The second-order valence-corrected chi connectivity index (χ2v) is 6.09. The number of nitrogens with zero attached hydrogens (tertiary/aromatic N) is 1. The van der Waals surface area contributed by atoms with E-state index in [1.807, 2.05) is 31.2 Å². The number of benzene rings is 2. The lowest BCUT2D eigenvalue weighted by molar-refractivity contribution is -0.137. The monoisotopic (exact) mass is 350 g/mol. The molecule has 1 amide bonds. The molecule has 0 radical (unpaired) electrons. The summed E-state index contributed by atoms with van der Waals surface area (Å²) < 4.78 is 37.8. The van der Waals surface area contributed by atoms with Crippen molar-refractivity contribution < 1.29 is 18.0 Å². The lowest BCUT2D eigenvalue weighted by atomic mass is 10.1. The minimum Gasteiger partial charge on any atom is -0.324 e. The maximum atomic E-state index is 12.6. The van der Waals surface area contributed by atoms with Crippen LogP contribution in [0.15, 0.2) is 48.5 Å². The molecule has 3 nitrogen and oxygen atoms in total. The van der Waals surface area contributed by atoms with E-state index >= 15 is 0 Å². The number of carbonyl (C=O) groups excluding carboxylic acids is 1. The van der Waals surface area contributed by atoms with Crippen molar-refractivity contribution in [3.63, 3.8) is 0 Å². The van der Waals surface area contributed by atoms with E-state index in [1.165, 1.54) is 12.1 Å². The van der Waals surface area contributed by atoms with Crippen molar-refractivity contribution >= 4 is 11.6 Å². The van der Waals surface area contributed by atoms with Crippen LogP contribution in [0.3, 0.4) is 0 Å². The molecular weight excluding hydrogens is 329 g/mol. The highest BCUT2D eigenvalue weighted by atomic mass is 19.4. The number of hydrogen-bond acceptors (Lipinski definition) is 2. The molecule has 6 heteroatoms. The van der Waals surface area contributed by atoms with Gasteiger partial charge in [0.2, 0.25) is 5.91 Å². The van der Waals surface area contributed by atoms with Crippen molar-refractivity contribution in [1.29, 1.82) is 0 Å². The topological polar surface area (TPSA) is 32.3 Å². The van der Waals surface area contributed by atoms with Gasteiger partial charge in [0.25, 0.3) is 0 Å². The third-order valence-corrected chi connectivity index (χ3v) is 4.16. The van der Waals surface area contributed by atoms with E-state index in [9.17, 15) is 18.0 Å². The third kappa shape index (κ3) is 5.06. The fourth-order valence-corrected chi connectivity index (χ4v) is 2.37. The van der Waals surface area contributed by atoms with E-state index in [1.54, 1.807) is 18.9 Å². The highest BCUT2D eigenvalue weighted by molar-refractivity contribution is 5.95. The van der Waals surface area contributed by atoms with Crippen molar-refractivity contribution in [1.82, 2.24) is 4.90 Å². The fraction of sp³-hybridized carbons (Fsp3) is 0.316. The number of hydrogen-bond donors (Lipinski definition) is 1. The molecule has 0 spiro atoms. The quantitative estimate of drug-likeness (QED) is 0.863. The Morgan fingerprint density at radius 3 is 2.28 bits per heavy atom. The molecule has 0 saturated heterocycles. The molecule has 0 bridgehead atoms. The first-order chi connectivity index (χ1) is 11.7. The first kappa shape index (κ1) is 19.0. The van der Waals surface area contributed by atoms with Crippen LogP contribution in [0, 0.1) is 6.92 Å². The predicted octanol–water partition coefficient (Wildman–Crippen LogP) is 4.47. The summed E-state index contributed by atoms with van der Waals surface area (Å²) in [5.74, 6) is -0.163. The van der Waals surface area contributed by atoms with Crippen molar-refractivity contribution in [3.8, 4) is 0 Å². The van der Waals surface area contributed by atoms with Gasteiger partial charge in [0, 0.05) is 12.2 Å². The van der Waals surface area contributed by atoms with Gasteiger partial charge in [-0.05, 0) is 50.2 Å². The summed E-state index contributed by atoms with van der Waals surface area (Å²) in [6, 6.07) is 12.0. The second kappa shape index (κ2) is 7.70. The van der Waals surface area contributed by atoms with Crippen LogP contribution in [-0.4, -0.2) is 23.9 Å². The molecule has 0 aliphatic carbocycles. The van der Waals surface area contributed by atoms with Gasteiger partial charge in [-0.3, -0.25) is 9.69 Å². The minimum absolute atomic E-state index is 0.163. The molecule has 2 aromatic carbocycles. The van der Waals surface area contributed by atoms with Crippen LogP contribution in [0.2, 0.25) is 0 Å². The van der Waals surface area contributed by atoms with Gasteiger partial charge >= 0.3 is 6.18 Å². The summed E-state index contributed by atoms with van der Waals surface area (Å²) in [5, 5.41) is 2.88. The second-order valence-electron chi connectivity index (χ2n) is 6.09. The average molecular weight is 350 g/mol. The first-order valence-electron chi connectivity index (χ1n) is 7.91. The Bertz CT molecular complexity index is 726. The van der Waals surface area contributed by atoms with Crippen LogP contribution >= 0.6 is 0 Å².